The van der Waals surface area contributed by atoms with E-state index >= 15 is 0 Å². The molecule has 2 heterocycles. The molecule has 1 aliphatic heterocycles. The highest BCUT2D eigenvalue weighted by molar-refractivity contribution is 7.99. The van der Waals surface area contributed by atoms with E-state index in [1.807, 2.05) is 0 Å². The average molecular weight is 307 g/mol. The van der Waals surface area contributed by atoms with Gasteiger partial charge in [-0.3, -0.25) is 4.79 Å². The first kappa shape index (κ1) is 13.5. The minimum atomic E-state index is -1.02. The monoisotopic (exact) mass is 306 g/mol. The zero-order valence-corrected chi connectivity index (χ0v) is 11.3. The number of nitrogens with zero attached hydrogens (tertiary/aromatic N) is 2. The third kappa shape index (κ3) is 2.55. The number of rotatable bonds is 2. The molecule has 2 rings (SSSR count). The van der Waals surface area contributed by atoms with Crippen LogP contribution in [-0.2, 0) is 4.79 Å². The smallest absolute Gasteiger partial charge is 0.327 e. The van der Waals surface area contributed by atoms with Crippen LogP contribution in [-0.4, -0.2) is 44.5 Å². The predicted octanol–water partition coefficient (Wildman–Crippen LogP) is 1.99. The summed E-state index contributed by atoms with van der Waals surface area (Å²) >= 11 is 13.0. The molecule has 0 aliphatic carbocycles. The Hall–Kier alpha value is -0.980. The first-order chi connectivity index (χ1) is 8.50. The summed E-state index contributed by atoms with van der Waals surface area (Å²) in [6.45, 7) is 0. The van der Waals surface area contributed by atoms with E-state index in [0.29, 0.717) is 11.6 Å². The van der Waals surface area contributed by atoms with Crippen molar-refractivity contribution in [2.24, 2.45) is 0 Å². The number of aromatic nitrogens is 1. The van der Waals surface area contributed by atoms with Crippen molar-refractivity contribution in [2.75, 3.05) is 11.6 Å². The number of amides is 1. The molecule has 18 heavy (non-hydrogen) atoms. The van der Waals surface area contributed by atoms with E-state index in [1.54, 1.807) is 0 Å². The lowest BCUT2D eigenvalue weighted by Crippen LogP contribution is -2.41. The second-order valence-electron chi connectivity index (χ2n) is 3.62. The van der Waals surface area contributed by atoms with Gasteiger partial charge in [-0.2, -0.15) is 0 Å². The number of aliphatic carboxylic acids is 1. The molecule has 0 saturated carbocycles. The minimum absolute atomic E-state index is 0.140. The summed E-state index contributed by atoms with van der Waals surface area (Å²) < 4.78 is 0. The fraction of sp³-hybridized carbons (Fsp3) is 0.300. The van der Waals surface area contributed by atoms with Gasteiger partial charge in [0.05, 0.1) is 16.5 Å². The van der Waals surface area contributed by atoms with Gasteiger partial charge in [0.15, 0.2) is 0 Å². The molecule has 0 radical (unpaired) electrons. The lowest BCUT2D eigenvalue weighted by Gasteiger charge is -2.20. The van der Waals surface area contributed by atoms with Crippen molar-refractivity contribution in [3.05, 3.63) is 28.0 Å². The molecule has 0 aromatic carbocycles. The van der Waals surface area contributed by atoms with Gasteiger partial charge < -0.3 is 10.0 Å². The maximum Gasteiger partial charge on any atom is 0.327 e. The normalized spacial score (nSPS) is 19.0. The van der Waals surface area contributed by atoms with E-state index in [4.69, 9.17) is 28.3 Å². The van der Waals surface area contributed by atoms with Crippen LogP contribution in [0.3, 0.4) is 0 Å². The Morgan fingerprint density at radius 1 is 1.50 bits per heavy atom. The molecule has 1 saturated heterocycles. The number of halogens is 2. The van der Waals surface area contributed by atoms with E-state index in [-0.39, 0.29) is 15.7 Å². The third-order valence-electron chi connectivity index (χ3n) is 2.48. The molecule has 0 bridgehead atoms. The van der Waals surface area contributed by atoms with Gasteiger partial charge in [0.2, 0.25) is 0 Å². The van der Waals surface area contributed by atoms with Gasteiger partial charge in [-0.1, -0.05) is 23.2 Å². The van der Waals surface area contributed by atoms with Gasteiger partial charge in [-0.15, -0.1) is 11.8 Å². The van der Waals surface area contributed by atoms with Crippen LogP contribution in [0.5, 0.6) is 0 Å². The predicted molar refractivity (Wildman–Crippen MR) is 69.2 cm³/mol. The van der Waals surface area contributed by atoms with Crippen LogP contribution in [0.1, 0.15) is 10.4 Å². The summed E-state index contributed by atoms with van der Waals surface area (Å²) in [5, 5.41) is 9.32. The van der Waals surface area contributed by atoms with E-state index in [9.17, 15) is 9.59 Å². The molecule has 0 spiro atoms. The van der Waals surface area contributed by atoms with Crippen LogP contribution in [0.15, 0.2) is 12.3 Å². The number of hydrogen-bond donors (Lipinski definition) is 1. The minimum Gasteiger partial charge on any atom is -0.480 e. The van der Waals surface area contributed by atoms with Gasteiger partial charge in [0, 0.05) is 11.9 Å². The SMILES string of the molecule is O=C(O)C1CSCN1C(=O)c1cc(Cl)ncc1Cl. The fourth-order valence-electron chi connectivity index (χ4n) is 1.58. The number of carbonyl (C=O) groups excluding carboxylic acids is 1. The molecule has 1 N–H and O–H groups in total. The first-order valence-electron chi connectivity index (χ1n) is 4.93. The van der Waals surface area contributed by atoms with E-state index < -0.39 is 17.9 Å². The number of thioether (sulfide) groups is 1. The Morgan fingerprint density at radius 2 is 2.22 bits per heavy atom. The Kier molecular flexibility index (Phi) is 3.99. The number of carboxylic acids is 1. The highest BCUT2D eigenvalue weighted by atomic mass is 35.5. The van der Waals surface area contributed by atoms with Gasteiger partial charge in [-0.25, -0.2) is 9.78 Å². The number of pyridine rings is 1. The van der Waals surface area contributed by atoms with Gasteiger partial charge in [0.1, 0.15) is 11.2 Å². The summed E-state index contributed by atoms with van der Waals surface area (Å²) in [5.41, 5.74) is 0.172. The van der Waals surface area contributed by atoms with E-state index in [1.165, 1.54) is 28.9 Å². The largest absolute Gasteiger partial charge is 0.480 e. The molecule has 5 nitrogen and oxygen atoms in total. The molecule has 8 heteroatoms. The summed E-state index contributed by atoms with van der Waals surface area (Å²) in [4.78, 5) is 28.2. The van der Waals surface area contributed by atoms with Crippen LogP contribution >= 0.6 is 35.0 Å². The van der Waals surface area contributed by atoms with Gasteiger partial charge in [-0.05, 0) is 6.07 Å². The summed E-state index contributed by atoms with van der Waals surface area (Å²) in [6, 6.07) is 0.513. The molecule has 1 aromatic rings. The number of carboxylic acid groups (broad SMARTS) is 1. The zero-order chi connectivity index (χ0) is 13.3. The van der Waals surface area contributed by atoms with Crippen LogP contribution in [0.25, 0.3) is 0 Å². The molecular formula is C10H8Cl2N2O3S. The fourth-order valence-corrected chi connectivity index (χ4v) is 3.07. The molecule has 1 aliphatic rings. The molecule has 1 unspecified atom stereocenters. The molecule has 1 fully saturated rings. The van der Waals surface area contributed by atoms with Crippen LogP contribution < -0.4 is 0 Å². The third-order valence-corrected chi connectivity index (χ3v) is 4.00. The Labute approximate surface area is 117 Å². The van der Waals surface area contributed by atoms with Crippen molar-refractivity contribution in [1.82, 2.24) is 9.88 Å². The van der Waals surface area contributed by atoms with Crippen molar-refractivity contribution in [2.45, 2.75) is 6.04 Å². The zero-order valence-electron chi connectivity index (χ0n) is 8.97. The maximum absolute atomic E-state index is 12.2. The molecule has 1 amide bonds. The van der Waals surface area contributed by atoms with E-state index in [2.05, 4.69) is 4.98 Å². The Balaban J connectivity index is 2.31. The second kappa shape index (κ2) is 5.34. The molecule has 1 atom stereocenters. The van der Waals surface area contributed by atoms with Crippen LogP contribution in [0.4, 0.5) is 0 Å². The number of hydrogen-bond acceptors (Lipinski definition) is 4. The first-order valence-corrected chi connectivity index (χ1v) is 6.84. The summed E-state index contributed by atoms with van der Waals surface area (Å²) in [7, 11) is 0. The topological polar surface area (TPSA) is 70.5 Å². The molecular weight excluding hydrogens is 299 g/mol. The van der Waals surface area contributed by atoms with Crippen molar-refractivity contribution in [3.63, 3.8) is 0 Å². The standard InChI is InChI=1S/C10H8Cl2N2O3S/c11-6-2-13-8(12)1-5(6)9(15)14-4-18-3-7(14)10(16)17/h1-2,7H,3-4H2,(H,16,17). The highest BCUT2D eigenvalue weighted by Gasteiger charge is 2.35. The molecule has 96 valence electrons. The summed E-state index contributed by atoms with van der Waals surface area (Å²) in [6.07, 6.45) is 1.27. The lowest BCUT2D eigenvalue weighted by molar-refractivity contribution is -0.140. The maximum atomic E-state index is 12.2. The average Bonchev–Trinajstić information content (AvgIpc) is 2.80. The van der Waals surface area contributed by atoms with E-state index in [0.717, 1.165) is 0 Å². The Bertz CT molecular complexity index is 512. The van der Waals surface area contributed by atoms with Crippen molar-refractivity contribution in [1.29, 1.82) is 0 Å². The van der Waals surface area contributed by atoms with Gasteiger partial charge >= 0.3 is 5.97 Å². The second-order valence-corrected chi connectivity index (χ2v) is 5.41. The summed E-state index contributed by atoms with van der Waals surface area (Å²) in [5.74, 6) is -0.768. The van der Waals surface area contributed by atoms with Crippen molar-refractivity contribution < 1.29 is 14.7 Å². The van der Waals surface area contributed by atoms with Gasteiger partial charge in [0.25, 0.3) is 5.91 Å². The molecule has 1 aromatic heterocycles. The van der Waals surface area contributed by atoms with Crippen LogP contribution in [0, 0.1) is 0 Å². The lowest BCUT2D eigenvalue weighted by atomic mass is 10.2. The highest BCUT2D eigenvalue weighted by Crippen LogP contribution is 2.26. The van der Waals surface area contributed by atoms with Crippen molar-refractivity contribution in [3.8, 4) is 0 Å². The quantitative estimate of drug-likeness (QED) is 0.846. The number of carbonyl (C=O) groups is 2. The van der Waals surface area contributed by atoms with Crippen LogP contribution in [0.2, 0.25) is 10.2 Å². The van der Waals surface area contributed by atoms with Crippen molar-refractivity contribution >= 4 is 46.8 Å². The Morgan fingerprint density at radius 3 is 2.89 bits per heavy atom.